The van der Waals surface area contributed by atoms with Crippen LogP contribution in [0.4, 0.5) is 0 Å². The molecule has 5 heterocycles. The zero-order valence-corrected chi connectivity index (χ0v) is 41.0. The third-order valence-corrected chi connectivity index (χ3v) is 14.5. The molecule has 0 aromatic rings. The van der Waals surface area contributed by atoms with Crippen LogP contribution in [-0.4, -0.2) is 58.6 Å². The van der Waals surface area contributed by atoms with Crippen molar-refractivity contribution in [2.45, 2.75) is 152 Å². The molecule has 5 unspecified atom stereocenters. The van der Waals surface area contributed by atoms with Crippen molar-refractivity contribution >= 4 is 29.1 Å². The fourth-order valence-corrected chi connectivity index (χ4v) is 10.2. The number of aliphatic hydroxyl groups excluding tert-OH is 1. The summed E-state index contributed by atoms with van der Waals surface area (Å²) in [4.78, 5) is 42.3. The van der Waals surface area contributed by atoms with E-state index < -0.39 is 23.2 Å². The molecule has 5 aliphatic heterocycles. The van der Waals surface area contributed by atoms with Crippen LogP contribution in [0.2, 0.25) is 0 Å². The summed E-state index contributed by atoms with van der Waals surface area (Å²) in [5, 5.41) is 27.9. The van der Waals surface area contributed by atoms with Gasteiger partial charge in [0.15, 0.2) is 5.76 Å². The lowest BCUT2D eigenvalue weighted by Crippen LogP contribution is -2.44. The van der Waals surface area contributed by atoms with Crippen LogP contribution < -0.4 is 5.32 Å². The number of methoxy groups -OCH3 is 1. The van der Waals surface area contributed by atoms with E-state index in [1.165, 1.54) is 57.6 Å². The molecule has 6 aliphatic rings. The van der Waals surface area contributed by atoms with Gasteiger partial charge in [-0.25, -0.2) is 19.8 Å². The van der Waals surface area contributed by atoms with Gasteiger partial charge in [-0.2, -0.15) is 0 Å². The fraction of sp³-hybridized carbons (Fsp3) is 0.545. The van der Waals surface area contributed by atoms with Crippen LogP contribution in [-0.2, 0) is 19.1 Å². The number of esters is 2. The number of hydrogen-bond acceptors (Lipinski definition) is 10. The van der Waals surface area contributed by atoms with Gasteiger partial charge in [0.05, 0.1) is 41.3 Å². The van der Waals surface area contributed by atoms with Crippen LogP contribution in [0, 0.1) is 29.6 Å². The number of aliphatic hydroxyl groups is 2. The Labute approximate surface area is 388 Å². The van der Waals surface area contributed by atoms with Crippen LogP contribution in [0.1, 0.15) is 146 Å². The van der Waals surface area contributed by atoms with Gasteiger partial charge >= 0.3 is 11.9 Å². The molecule has 0 radical (unpaired) electrons. The van der Waals surface area contributed by atoms with Gasteiger partial charge in [0.2, 0.25) is 5.60 Å². The number of fused-ring (bicyclic) bond motifs is 5. The lowest BCUT2D eigenvalue weighted by molar-refractivity contribution is -0.156. The summed E-state index contributed by atoms with van der Waals surface area (Å²) in [5.41, 5.74) is 8.67. The summed E-state index contributed by atoms with van der Waals surface area (Å²) in [6, 6.07) is 0. The fourth-order valence-electron chi connectivity index (χ4n) is 10.2. The highest BCUT2D eigenvalue weighted by atomic mass is 16.5. The number of carbonyl (C=O) groups excluding carboxylic acids is 2. The van der Waals surface area contributed by atoms with Gasteiger partial charge < -0.3 is 25.0 Å². The van der Waals surface area contributed by atoms with Crippen molar-refractivity contribution < 1.29 is 29.3 Å². The molecule has 10 nitrogen and oxygen atoms in total. The number of nitrogens with one attached hydrogen (secondary N) is 1. The van der Waals surface area contributed by atoms with Gasteiger partial charge in [-0.1, -0.05) is 105 Å². The van der Waals surface area contributed by atoms with Crippen LogP contribution in [0.15, 0.2) is 131 Å². The first-order valence-electron chi connectivity index (χ1n) is 24.2. The highest BCUT2D eigenvalue weighted by Crippen LogP contribution is 2.51. The quantitative estimate of drug-likeness (QED) is 0.0816. The highest BCUT2D eigenvalue weighted by Gasteiger charge is 2.59. The second kappa shape index (κ2) is 21.0. The van der Waals surface area contributed by atoms with Crippen molar-refractivity contribution in [3.8, 4) is 0 Å². The smallest absolute Gasteiger partial charge is 0.350 e. The van der Waals surface area contributed by atoms with Crippen molar-refractivity contribution in [1.29, 1.82) is 0 Å². The van der Waals surface area contributed by atoms with Crippen molar-refractivity contribution in [3.05, 3.63) is 116 Å². The normalized spacial score (nSPS) is 23.7. The largest absolute Gasteiger partial charge is 0.507 e. The molecule has 3 N–H and O–H groups in total. The van der Waals surface area contributed by atoms with Gasteiger partial charge in [-0.05, 0) is 118 Å². The van der Waals surface area contributed by atoms with E-state index in [-0.39, 0.29) is 41.8 Å². The van der Waals surface area contributed by atoms with E-state index >= 15 is 0 Å². The van der Waals surface area contributed by atoms with E-state index in [9.17, 15) is 19.8 Å². The number of ether oxygens (including phenoxy) is 2. The van der Waals surface area contributed by atoms with Crippen molar-refractivity contribution in [1.82, 2.24) is 5.32 Å². The van der Waals surface area contributed by atoms with Gasteiger partial charge in [0.25, 0.3) is 0 Å². The molecule has 0 saturated carbocycles. The SMILES string of the molecule is C=CC1=C(C)C2=NC1=CC1=NC(=CC3=C(C)C4=C(O)C(O)(C(=O)OC)C(=C5NC(=C2)C(C)C5CCC(=O)OCC=C(C)CCCC(C)CCCC(C)CCCC(C)C)C4=N3)C(CC)=C1C. The standard InChI is InChI=1S/C55H74N4O6/c1-13-39-35(8)42-28-44-37(10)41(24-25-48(60)65-27-26-34(7)23-17-22-33(6)21-16-20-32(5)19-15-18-31(3)4)51(58-44)50-52-49(53(61)55(50,63)54(62)64-12)38(11)45(59-52)30-47-40(14-2)36(9)43(57-47)29-46(39)56-42/h13,26,28-33,37,41,58,61,63H,1,14-25,27H2,2-12H3. The molecule has 0 aromatic carbocycles. The van der Waals surface area contributed by atoms with Crippen molar-refractivity contribution in [3.63, 3.8) is 0 Å². The molecule has 1 fully saturated rings. The van der Waals surface area contributed by atoms with Crippen molar-refractivity contribution in [2.24, 2.45) is 44.6 Å². The summed E-state index contributed by atoms with van der Waals surface area (Å²) in [5.74, 6) is -0.273. The van der Waals surface area contributed by atoms with Crippen LogP contribution in [0.3, 0.4) is 0 Å². The topological polar surface area (TPSA) is 142 Å². The van der Waals surface area contributed by atoms with Gasteiger partial charge in [0, 0.05) is 46.4 Å². The predicted molar refractivity (Wildman–Crippen MR) is 263 cm³/mol. The average Bonchev–Trinajstić information content (AvgIpc) is 3.99. The number of nitrogens with zero attached hydrogens (tertiary/aromatic N) is 3. The molecule has 0 aromatic heterocycles. The maximum Gasteiger partial charge on any atom is 0.350 e. The third kappa shape index (κ3) is 10.3. The molecular formula is C55H74N4O6. The molecule has 1 aliphatic carbocycles. The van der Waals surface area contributed by atoms with E-state index in [1.807, 2.05) is 51.2 Å². The van der Waals surface area contributed by atoms with Crippen LogP contribution >= 0.6 is 0 Å². The lowest BCUT2D eigenvalue weighted by atomic mass is 9.83. The molecule has 8 bridgehead atoms. The summed E-state index contributed by atoms with van der Waals surface area (Å²) in [6.07, 6.45) is 22.0. The minimum atomic E-state index is -2.55. The Morgan fingerprint density at radius 3 is 2.18 bits per heavy atom. The second-order valence-electron chi connectivity index (χ2n) is 19.7. The van der Waals surface area contributed by atoms with Gasteiger partial charge in [-0.3, -0.25) is 4.79 Å². The summed E-state index contributed by atoms with van der Waals surface area (Å²) < 4.78 is 10.9. The summed E-state index contributed by atoms with van der Waals surface area (Å²) >= 11 is 0. The first kappa shape index (κ1) is 49.3. The predicted octanol–water partition coefficient (Wildman–Crippen LogP) is 12.1. The number of aliphatic imine (C=N–C) groups is 3. The van der Waals surface area contributed by atoms with Crippen LogP contribution in [0.25, 0.3) is 0 Å². The second-order valence-corrected chi connectivity index (χ2v) is 19.7. The third-order valence-electron chi connectivity index (χ3n) is 14.5. The van der Waals surface area contributed by atoms with E-state index in [4.69, 9.17) is 24.5 Å². The molecule has 1 saturated heterocycles. The number of allylic oxidation sites excluding steroid dienone is 12. The molecule has 350 valence electrons. The maximum absolute atomic E-state index is 13.7. The Morgan fingerprint density at radius 1 is 0.892 bits per heavy atom. The lowest BCUT2D eigenvalue weighted by Gasteiger charge is -2.26. The number of hydrogen-bond donors (Lipinski definition) is 3. The Bertz CT molecular complexity index is 2350. The Hall–Kier alpha value is -5.09. The minimum absolute atomic E-state index is 0.0878. The molecule has 5 atom stereocenters. The monoisotopic (exact) mass is 887 g/mol. The molecule has 0 spiro atoms. The molecule has 6 rings (SSSR count). The first-order valence-corrected chi connectivity index (χ1v) is 24.2. The molecule has 10 heteroatoms. The summed E-state index contributed by atoms with van der Waals surface area (Å²) in [6.45, 7) is 25.8. The van der Waals surface area contributed by atoms with Gasteiger partial charge in [0.1, 0.15) is 6.61 Å². The van der Waals surface area contributed by atoms with E-state index in [1.54, 1.807) is 0 Å². The minimum Gasteiger partial charge on any atom is -0.507 e. The Kier molecular flexibility index (Phi) is 16.0. The zero-order valence-electron chi connectivity index (χ0n) is 41.0. The average molecular weight is 887 g/mol. The van der Waals surface area contributed by atoms with Crippen molar-refractivity contribution in [2.75, 3.05) is 13.7 Å². The summed E-state index contributed by atoms with van der Waals surface area (Å²) in [7, 11) is 1.18. The van der Waals surface area contributed by atoms with E-state index in [0.717, 1.165) is 81.9 Å². The van der Waals surface area contributed by atoms with E-state index in [0.29, 0.717) is 29.3 Å². The highest BCUT2D eigenvalue weighted by molar-refractivity contribution is 6.26. The van der Waals surface area contributed by atoms with E-state index in [2.05, 4.69) is 60.4 Å². The van der Waals surface area contributed by atoms with Gasteiger partial charge in [-0.15, -0.1) is 0 Å². The maximum atomic E-state index is 13.7. The number of carbonyl (C=O) groups is 2. The first-order chi connectivity index (χ1) is 30.9. The molecule has 65 heavy (non-hydrogen) atoms. The molecular weight excluding hydrogens is 813 g/mol. The number of rotatable bonds is 20. The molecule has 0 amide bonds. The Balaban J connectivity index is 1.22. The van der Waals surface area contributed by atoms with Crippen LogP contribution in [0.5, 0.6) is 0 Å². The zero-order chi connectivity index (χ0) is 47.3. The Morgan fingerprint density at radius 2 is 1.54 bits per heavy atom.